The quantitative estimate of drug-likeness (QED) is 0.865. The van der Waals surface area contributed by atoms with Gasteiger partial charge in [0.15, 0.2) is 0 Å². The lowest BCUT2D eigenvalue weighted by Crippen LogP contribution is -2.40. The third kappa shape index (κ3) is 3.83. The van der Waals surface area contributed by atoms with Gasteiger partial charge in [-0.25, -0.2) is 8.42 Å². The van der Waals surface area contributed by atoms with Gasteiger partial charge in [-0.3, -0.25) is 4.79 Å². The van der Waals surface area contributed by atoms with Crippen molar-refractivity contribution in [3.05, 3.63) is 45.1 Å². The van der Waals surface area contributed by atoms with Crippen LogP contribution in [0, 0.1) is 20.8 Å². The molecular weight excluding hydrogens is 372 g/mol. The first-order valence-corrected chi connectivity index (χ1v) is 10.6. The molecule has 6 nitrogen and oxygen atoms in total. The SMILES string of the molecule is Cc1ccc(C)c(NC(=O)c2cc(S(=O)(=O)N3CCOCC3)c(C)s2)c1. The standard InChI is InChI=1S/C18H22N2O4S2/c1-12-4-5-13(2)15(10-12)19-18(21)16-11-17(14(3)25-16)26(22,23)20-6-8-24-9-7-20/h4-5,10-11H,6-9H2,1-3H3,(H,19,21). The highest BCUT2D eigenvalue weighted by atomic mass is 32.2. The minimum absolute atomic E-state index is 0.204. The zero-order chi connectivity index (χ0) is 18.9. The molecule has 0 saturated carbocycles. The Morgan fingerprint density at radius 2 is 1.85 bits per heavy atom. The van der Waals surface area contributed by atoms with E-state index in [9.17, 15) is 13.2 Å². The van der Waals surface area contributed by atoms with Gasteiger partial charge in [-0.15, -0.1) is 11.3 Å². The normalized spacial score (nSPS) is 15.8. The van der Waals surface area contributed by atoms with E-state index >= 15 is 0 Å². The first-order valence-electron chi connectivity index (χ1n) is 8.36. The molecule has 8 heteroatoms. The molecule has 1 aliphatic rings. The van der Waals surface area contributed by atoms with Crippen molar-refractivity contribution in [2.75, 3.05) is 31.6 Å². The number of hydrogen-bond donors (Lipinski definition) is 1. The van der Waals surface area contributed by atoms with Crippen molar-refractivity contribution in [2.45, 2.75) is 25.7 Å². The molecule has 2 heterocycles. The van der Waals surface area contributed by atoms with Crippen molar-refractivity contribution < 1.29 is 17.9 Å². The summed E-state index contributed by atoms with van der Waals surface area (Å²) in [5, 5.41) is 2.88. The first kappa shape index (κ1) is 19.0. The predicted molar refractivity (Wildman–Crippen MR) is 103 cm³/mol. The first-order chi connectivity index (χ1) is 12.3. The maximum absolute atomic E-state index is 12.8. The lowest BCUT2D eigenvalue weighted by atomic mass is 10.1. The summed E-state index contributed by atoms with van der Waals surface area (Å²) in [6.45, 7) is 7.06. The molecule has 1 saturated heterocycles. The van der Waals surface area contributed by atoms with Crippen molar-refractivity contribution in [1.82, 2.24) is 4.31 Å². The van der Waals surface area contributed by atoms with Crippen molar-refractivity contribution in [2.24, 2.45) is 0 Å². The Kier molecular flexibility index (Phi) is 5.47. The number of carbonyl (C=O) groups excluding carboxylic acids is 1. The molecule has 0 atom stereocenters. The molecule has 0 radical (unpaired) electrons. The Hall–Kier alpha value is -1.74. The van der Waals surface area contributed by atoms with Gasteiger partial charge in [0, 0.05) is 23.7 Å². The van der Waals surface area contributed by atoms with E-state index in [0.29, 0.717) is 36.1 Å². The summed E-state index contributed by atoms with van der Waals surface area (Å²) in [6, 6.07) is 7.30. The van der Waals surface area contributed by atoms with Crippen LogP contribution in [0.3, 0.4) is 0 Å². The van der Waals surface area contributed by atoms with Gasteiger partial charge in [-0.2, -0.15) is 4.31 Å². The monoisotopic (exact) mass is 394 g/mol. The van der Waals surface area contributed by atoms with E-state index < -0.39 is 10.0 Å². The lowest BCUT2D eigenvalue weighted by Gasteiger charge is -2.25. The Morgan fingerprint density at radius 1 is 1.15 bits per heavy atom. The van der Waals surface area contributed by atoms with Crippen LogP contribution in [0.25, 0.3) is 0 Å². The summed E-state index contributed by atoms with van der Waals surface area (Å²) < 4.78 is 32.3. The van der Waals surface area contributed by atoms with Gasteiger partial charge in [0.1, 0.15) is 0 Å². The van der Waals surface area contributed by atoms with Gasteiger partial charge in [0.2, 0.25) is 10.0 Å². The smallest absolute Gasteiger partial charge is 0.265 e. The molecule has 1 amide bonds. The molecule has 0 bridgehead atoms. The number of ether oxygens (including phenoxy) is 1. The molecule has 1 aromatic heterocycles. The fourth-order valence-corrected chi connectivity index (χ4v) is 5.68. The highest BCUT2D eigenvalue weighted by Gasteiger charge is 2.30. The van der Waals surface area contributed by atoms with E-state index in [1.807, 2.05) is 32.0 Å². The second-order valence-electron chi connectivity index (χ2n) is 6.32. The number of nitrogens with one attached hydrogen (secondary N) is 1. The molecule has 2 aromatic rings. The number of rotatable bonds is 4. The van der Waals surface area contributed by atoms with Crippen LogP contribution in [0.2, 0.25) is 0 Å². The van der Waals surface area contributed by atoms with E-state index in [1.54, 1.807) is 6.92 Å². The van der Waals surface area contributed by atoms with Gasteiger partial charge < -0.3 is 10.1 Å². The molecule has 0 unspecified atom stereocenters. The maximum atomic E-state index is 12.8. The molecule has 1 N–H and O–H groups in total. The predicted octanol–water partition coefficient (Wildman–Crippen LogP) is 2.95. The van der Waals surface area contributed by atoms with Gasteiger partial charge in [0.05, 0.1) is 23.0 Å². The summed E-state index contributed by atoms with van der Waals surface area (Å²) >= 11 is 1.19. The Labute approximate surface area is 157 Å². The molecule has 3 rings (SSSR count). The molecule has 0 spiro atoms. The Morgan fingerprint density at radius 3 is 2.54 bits per heavy atom. The molecule has 140 valence electrons. The molecular formula is C18H22N2O4S2. The number of aryl methyl sites for hydroxylation is 3. The van der Waals surface area contributed by atoms with E-state index in [0.717, 1.165) is 16.8 Å². The minimum Gasteiger partial charge on any atom is -0.379 e. The molecule has 1 fully saturated rings. The average molecular weight is 395 g/mol. The third-order valence-corrected chi connectivity index (χ3v) is 7.53. The van der Waals surface area contributed by atoms with Crippen molar-refractivity contribution in [1.29, 1.82) is 0 Å². The maximum Gasteiger partial charge on any atom is 0.265 e. The second-order valence-corrected chi connectivity index (χ2v) is 9.48. The van der Waals surface area contributed by atoms with Crippen LogP contribution in [0.1, 0.15) is 25.7 Å². The highest BCUT2D eigenvalue weighted by molar-refractivity contribution is 7.89. The highest BCUT2D eigenvalue weighted by Crippen LogP contribution is 2.29. The van der Waals surface area contributed by atoms with Crippen LogP contribution in [0.15, 0.2) is 29.2 Å². The summed E-state index contributed by atoms with van der Waals surface area (Å²) in [7, 11) is -3.61. The topological polar surface area (TPSA) is 75.7 Å². The Bertz CT molecular complexity index is 929. The second kappa shape index (κ2) is 7.48. The fraction of sp³-hybridized carbons (Fsp3) is 0.389. The van der Waals surface area contributed by atoms with Gasteiger partial charge >= 0.3 is 0 Å². The van der Waals surface area contributed by atoms with Crippen LogP contribution < -0.4 is 5.32 Å². The molecule has 26 heavy (non-hydrogen) atoms. The summed E-state index contributed by atoms with van der Waals surface area (Å²) in [4.78, 5) is 13.8. The van der Waals surface area contributed by atoms with Crippen LogP contribution in [0.5, 0.6) is 0 Å². The fourth-order valence-electron chi connectivity index (χ4n) is 2.81. The van der Waals surface area contributed by atoms with E-state index in [2.05, 4.69) is 5.32 Å². The lowest BCUT2D eigenvalue weighted by molar-refractivity contribution is 0.0730. The zero-order valence-electron chi connectivity index (χ0n) is 15.0. The Balaban J connectivity index is 1.85. The van der Waals surface area contributed by atoms with Crippen molar-refractivity contribution in [3.8, 4) is 0 Å². The summed E-state index contributed by atoms with van der Waals surface area (Å²) in [5.41, 5.74) is 2.74. The largest absolute Gasteiger partial charge is 0.379 e. The van der Waals surface area contributed by atoms with E-state index in [-0.39, 0.29) is 10.8 Å². The molecule has 1 aliphatic heterocycles. The number of carbonyl (C=O) groups is 1. The zero-order valence-corrected chi connectivity index (χ0v) is 16.7. The number of nitrogens with zero attached hydrogens (tertiary/aromatic N) is 1. The van der Waals surface area contributed by atoms with Crippen LogP contribution >= 0.6 is 11.3 Å². The molecule has 1 aromatic carbocycles. The van der Waals surface area contributed by atoms with Crippen LogP contribution in [-0.4, -0.2) is 44.9 Å². The van der Waals surface area contributed by atoms with Crippen molar-refractivity contribution in [3.63, 3.8) is 0 Å². The van der Waals surface area contributed by atoms with Crippen LogP contribution in [0.4, 0.5) is 5.69 Å². The number of sulfonamides is 1. The number of amides is 1. The van der Waals surface area contributed by atoms with Gasteiger partial charge in [-0.1, -0.05) is 12.1 Å². The number of morpholine rings is 1. The summed E-state index contributed by atoms with van der Waals surface area (Å²) in [6.07, 6.45) is 0. The van der Waals surface area contributed by atoms with Gasteiger partial charge in [0.25, 0.3) is 5.91 Å². The number of anilines is 1. The van der Waals surface area contributed by atoms with Gasteiger partial charge in [-0.05, 0) is 44.0 Å². The number of thiophene rings is 1. The van der Waals surface area contributed by atoms with Crippen LogP contribution in [-0.2, 0) is 14.8 Å². The number of hydrogen-bond acceptors (Lipinski definition) is 5. The summed E-state index contributed by atoms with van der Waals surface area (Å²) in [5.74, 6) is -0.296. The minimum atomic E-state index is -3.61. The van der Waals surface area contributed by atoms with E-state index in [1.165, 1.54) is 21.7 Å². The van der Waals surface area contributed by atoms with Crippen molar-refractivity contribution >= 4 is 33.0 Å². The average Bonchev–Trinajstić information content (AvgIpc) is 3.01. The third-order valence-electron chi connectivity index (χ3n) is 4.33. The molecule has 0 aliphatic carbocycles. The van der Waals surface area contributed by atoms with E-state index in [4.69, 9.17) is 4.74 Å². The number of benzene rings is 1.